The number of anilines is 2. The molecule has 0 radical (unpaired) electrons. The molecule has 236 valence electrons. The summed E-state index contributed by atoms with van der Waals surface area (Å²) in [6.45, 7) is 10.5. The molecule has 2 aromatic heterocycles. The van der Waals surface area contributed by atoms with Crippen LogP contribution in [0.15, 0.2) is 97.1 Å². The van der Waals surface area contributed by atoms with Crippen molar-refractivity contribution in [3.05, 3.63) is 108 Å². The van der Waals surface area contributed by atoms with E-state index in [0.29, 0.717) is 24.8 Å². The van der Waals surface area contributed by atoms with Crippen molar-refractivity contribution in [3.63, 3.8) is 0 Å². The normalized spacial score (nSPS) is 20.5. The van der Waals surface area contributed by atoms with E-state index in [4.69, 9.17) is 4.74 Å². The van der Waals surface area contributed by atoms with Gasteiger partial charge < -0.3 is 9.64 Å². The molecule has 3 nitrogen and oxygen atoms in total. The third-order valence-corrected chi connectivity index (χ3v) is 12.1. The van der Waals surface area contributed by atoms with Crippen LogP contribution in [0.3, 0.4) is 0 Å². The first-order valence-electron chi connectivity index (χ1n) is 16.7. The highest BCUT2D eigenvalue weighted by Crippen LogP contribution is 2.57. The largest absolute Gasteiger partial charge is 0.460 e. The molecule has 1 aliphatic heterocycles. The zero-order chi connectivity index (χ0) is 32.0. The van der Waals surface area contributed by atoms with Crippen molar-refractivity contribution < 1.29 is 9.53 Å². The molecule has 1 saturated carbocycles. The average Bonchev–Trinajstić information content (AvgIpc) is 3.84. The minimum Gasteiger partial charge on any atom is -0.460 e. The molecule has 46 heavy (non-hydrogen) atoms. The Bertz CT molecular complexity index is 1830. The highest BCUT2D eigenvalue weighted by atomic mass is 32.1. The number of benzene rings is 3. The number of aryl methyl sites for hydroxylation is 1. The monoisotopic (exact) mass is 645 g/mol. The van der Waals surface area contributed by atoms with E-state index in [1.807, 2.05) is 43.4 Å². The number of nitrogens with zero attached hydrogens (tertiary/aromatic N) is 1. The molecule has 0 bridgehead atoms. The first kappa shape index (κ1) is 31.0. The van der Waals surface area contributed by atoms with E-state index < -0.39 is 5.60 Å². The van der Waals surface area contributed by atoms with Gasteiger partial charge in [0.25, 0.3) is 0 Å². The van der Waals surface area contributed by atoms with E-state index in [1.165, 1.54) is 60.4 Å². The van der Waals surface area contributed by atoms with E-state index in [2.05, 4.69) is 116 Å². The van der Waals surface area contributed by atoms with E-state index in [1.54, 1.807) is 0 Å². The Hall–Kier alpha value is -3.67. The van der Waals surface area contributed by atoms with Crippen molar-refractivity contribution in [2.75, 3.05) is 4.90 Å². The van der Waals surface area contributed by atoms with Crippen LogP contribution < -0.4 is 4.90 Å². The van der Waals surface area contributed by atoms with Gasteiger partial charge in [0.1, 0.15) is 5.60 Å². The first-order valence-corrected chi connectivity index (χ1v) is 18.3. The van der Waals surface area contributed by atoms with Gasteiger partial charge in [-0.2, -0.15) is 0 Å². The van der Waals surface area contributed by atoms with Crippen LogP contribution >= 0.6 is 22.7 Å². The van der Waals surface area contributed by atoms with Gasteiger partial charge in [0.15, 0.2) is 0 Å². The third kappa shape index (κ3) is 6.08. The van der Waals surface area contributed by atoms with Crippen molar-refractivity contribution in [1.29, 1.82) is 0 Å². The molecule has 0 N–H and O–H groups in total. The maximum absolute atomic E-state index is 12.1. The van der Waals surface area contributed by atoms with Gasteiger partial charge in [-0.15, -0.1) is 22.7 Å². The van der Waals surface area contributed by atoms with E-state index in [0.717, 1.165) is 17.4 Å². The Morgan fingerprint density at radius 3 is 2.00 bits per heavy atom. The summed E-state index contributed by atoms with van der Waals surface area (Å²) in [6, 6.07) is 36.5. The molecule has 1 aliphatic carbocycles. The van der Waals surface area contributed by atoms with Gasteiger partial charge >= 0.3 is 5.97 Å². The van der Waals surface area contributed by atoms with Crippen molar-refractivity contribution in [2.24, 2.45) is 11.8 Å². The minimum absolute atomic E-state index is 0.148. The molecule has 0 saturated heterocycles. The number of hydrogen-bond acceptors (Lipinski definition) is 5. The van der Waals surface area contributed by atoms with E-state index in [-0.39, 0.29) is 5.97 Å². The topological polar surface area (TPSA) is 29.5 Å². The standard InChI is InChI=1S/C41H43NO2S2/c1-6-28-25-26(2)39-32-9-7-8-10-33(32)42(40(28)39)31-18-16-30(17-19-31)35-21-23-37(46-35)36-22-20-34(45-36)29-14-11-27(12-15-29)13-24-38(43)44-41(3,4)5/h7-12,14-23,26,28,39-40H,6,13,24-25H2,1-5H3. The molecular weight excluding hydrogens is 603 g/mol. The molecule has 4 unspecified atom stereocenters. The number of carbonyl (C=O) groups is 1. The Labute approximate surface area is 281 Å². The Morgan fingerprint density at radius 2 is 1.39 bits per heavy atom. The summed E-state index contributed by atoms with van der Waals surface area (Å²) >= 11 is 3.69. The van der Waals surface area contributed by atoms with Crippen molar-refractivity contribution in [1.82, 2.24) is 0 Å². The van der Waals surface area contributed by atoms with Gasteiger partial charge in [-0.1, -0.05) is 74.9 Å². The highest BCUT2D eigenvalue weighted by Gasteiger charge is 2.50. The maximum Gasteiger partial charge on any atom is 0.306 e. The second-order valence-corrected chi connectivity index (χ2v) is 16.2. The lowest BCUT2D eigenvalue weighted by Gasteiger charge is -2.31. The van der Waals surface area contributed by atoms with Gasteiger partial charge in [-0.25, -0.2) is 0 Å². The van der Waals surface area contributed by atoms with Crippen LogP contribution in [0.4, 0.5) is 11.4 Å². The first-order chi connectivity index (χ1) is 22.2. The molecule has 3 aromatic carbocycles. The van der Waals surface area contributed by atoms with Crippen LogP contribution in [0, 0.1) is 11.8 Å². The predicted octanol–water partition coefficient (Wildman–Crippen LogP) is 11.8. The lowest BCUT2D eigenvalue weighted by molar-refractivity contribution is -0.154. The SMILES string of the molecule is CCC1CC(C)C2c3ccccc3N(c3ccc(-c4ccc(-c5ccc(-c6ccc(CCC(=O)OC(C)(C)C)cc6)s5)s4)cc3)C12. The minimum atomic E-state index is -0.441. The number of ether oxygens (including phenoxy) is 1. The fraction of sp³-hybridized carbons (Fsp3) is 0.341. The predicted molar refractivity (Wildman–Crippen MR) is 195 cm³/mol. The average molecular weight is 646 g/mol. The molecule has 4 atom stereocenters. The van der Waals surface area contributed by atoms with Crippen LogP contribution in [0.5, 0.6) is 0 Å². The highest BCUT2D eigenvalue weighted by molar-refractivity contribution is 7.25. The molecule has 5 heteroatoms. The van der Waals surface area contributed by atoms with Gasteiger partial charge in [0, 0.05) is 49.3 Å². The van der Waals surface area contributed by atoms with Gasteiger partial charge in [0.05, 0.1) is 0 Å². The molecular formula is C41H43NO2S2. The number of hydrogen-bond donors (Lipinski definition) is 0. The lowest BCUT2D eigenvalue weighted by atomic mass is 9.89. The summed E-state index contributed by atoms with van der Waals surface area (Å²) in [6.07, 6.45) is 3.64. The summed E-state index contributed by atoms with van der Waals surface area (Å²) < 4.78 is 5.45. The second kappa shape index (κ2) is 12.5. The summed E-state index contributed by atoms with van der Waals surface area (Å²) in [5, 5.41) is 0. The van der Waals surface area contributed by atoms with Crippen molar-refractivity contribution >= 4 is 40.0 Å². The Morgan fingerprint density at radius 1 is 0.804 bits per heavy atom. The quantitative estimate of drug-likeness (QED) is 0.157. The third-order valence-electron chi connectivity index (χ3n) is 9.68. The summed E-state index contributed by atoms with van der Waals surface area (Å²) in [5.74, 6) is 1.92. The number of carbonyl (C=O) groups excluding carboxylic acids is 1. The smallest absolute Gasteiger partial charge is 0.306 e. The van der Waals surface area contributed by atoms with Gasteiger partial charge in [0.2, 0.25) is 0 Å². The molecule has 3 heterocycles. The molecule has 0 amide bonds. The maximum atomic E-state index is 12.1. The van der Waals surface area contributed by atoms with E-state index >= 15 is 0 Å². The number of para-hydroxylation sites is 1. The molecule has 0 spiro atoms. The fourth-order valence-electron chi connectivity index (χ4n) is 7.64. The van der Waals surface area contributed by atoms with Crippen LogP contribution in [0.1, 0.15) is 70.9 Å². The zero-order valence-electron chi connectivity index (χ0n) is 27.5. The van der Waals surface area contributed by atoms with E-state index in [9.17, 15) is 4.79 Å². The van der Waals surface area contributed by atoms with Crippen LogP contribution in [-0.2, 0) is 16.0 Å². The lowest BCUT2D eigenvalue weighted by Crippen LogP contribution is -2.32. The van der Waals surface area contributed by atoms with Crippen LogP contribution in [-0.4, -0.2) is 17.6 Å². The number of fused-ring (bicyclic) bond motifs is 3. The Balaban J connectivity index is 1.04. The van der Waals surface area contributed by atoms with Crippen LogP contribution in [0.25, 0.3) is 30.6 Å². The second-order valence-electron chi connectivity index (χ2n) is 14.0. The molecule has 1 fully saturated rings. The van der Waals surface area contributed by atoms with Gasteiger partial charge in [-0.3, -0.25) is 4.79 Å². The van der Waals surface area contributed by atoms with Crippen molar-refractivity contribution in [2.45, 2.75) is 77.9 Å². The molecule has 7 rings (SSSR count). The summed E-state index contributed by atoms with van der Waals surface area (Å²) in [7, 11) is 0. The molecule has 2 aliphatic rings. The number of esters is 1. The number of rotatable bonds is 8. The number of thiophene rings is 2. The van der Waals surface area contributed by atoms with Crippen LogP contribution in [0.2, 0.25) is 0 Å². The summed E-state index contributed by atoms with van der Waals surface area (Å²) in [5.41, 5.74) is 7.43. The summed E-state index contributed by atoms with van der Waals surface area (Å²) in [4.78, 5) is 19.9. The molecule has 5 aromatic rings. The Kier molecular flexibility index (Phi) is 8.41. The van der Waals surface area contributed by atoms with Crippen molar-refractivity contribution in [3.8, 4) is 30.6 Å². The zero-order valence-corrected chi connectivity index (χ0v) is 29.1. The fourth-order valence-corrected chi connectivity index (χ4v) is 9.75. The van der Waals surface area contributed by atoms with Gasteiger partial charge in [-0.05, 0) is 110 Å².